The molecule has 0 fully saturated rings. The van der Waals surface area contributed by atoms with Crippen LogP contribution in [0.15, 0.2) is 36.5 Å². The first kappa shape index (κ1) is 21.8. The van der Waals surface area contributed by atoms with Crippen LogP contribution in [-0.2, 0) is 18.3 Å². The van der Waals surface area contributed by atoms with Gasteiger partial charge in [-0.3, -0.25) is 14.6 Å². The maximum Gasteiger partial charge on any atom is 0.258 e. The molecule has 2 aromatic carbocycles. The van der Waals surface area contributed by atoms with E-state index in [9.17, 15) is 9.18 Å². The number of hydrogen-bond donors (Lipinski definition) is 2. The van der Waals surface area contributed by atoms with Crippen LogP contribution in [0.25, 0.3) is 22.3 Å². The number of carbonyl (C=O) groups is 1. The fourth-order valence-corrected chi connectivity index (χ4v) is 3.57. The van der Waals surface area contributed by atoms with E-state index in [1.807, 2.05) is 26.0 Å². The van der Waals surface area contributed by atoms with Crippen molar-refractivity contribution in [1.82, 2.24) is 30.3 Å². The number of rotatable bonds is 7. The first-order chi connectivity index (χ1) is 15.3. The average molecular weight is 457 g/mol. The minimum absolute atomic E-state index is 0.0102. The van der Waals surface area contributed by atoms with Gasteiger partial charge in [0.1, 0.15) is 5.82 Å². The van der Waals surface area contributed by atoms with Crippen LogP contribution < -0.4 is 10.1 Å². The van der Waals surface area contributed by atoms with Gasteiger partial charge >= 0.3 is 0 Å². The molecule has 8 nitrogen and oxygen atoms in total. The molecule has 2 heterocycles. The van der Waals surface area contributed by atoms with Gasteiger partial charge in [-0.05, 0) is 43.7 Å². The maximum absolute atomic E-state index is 14.5. The maximum atomic E-state index is 14.5. The summed E-state index contributed by atoms with van der Waals surface area (Å²) in [6.45, 7) is 3.42. The van der Waals surface area contributed by atoms with Gasteiger partial charge < -0.3 is 10.1 Å². The van der Waals surface area contributed by atoms with Gasteiger partial charge in [-0.15, -0.1) is 0 Å². The van der Waals surface area contributed by atoms with Crippen LogP contribution in [0.5, 0.6) is 5.75 Å². The first-order valence-corrected chi connectivity index (χ1v) is 10.4. The SMILES string of the molecule is CC(C)NC(=O)COc1ccc(-c2nc(Cc3ccc4[nH]ncc4c3Cl)n(C)n2)cc1F. The molecule has 2 aromatic heterocycles. The third kappa shape index (κ3) is 4.57. The zero-order valence-electron chi connectivity index (χ0n) is 17.8. The van der Waals surface area contributed by atoms with E-state index >= 15 is 0 Å². The topological polar surface area (TPSA) is 97.7 Å². The van der Waals surface area contributed by atoms with E-state index < -0.39 is 5.82 Å². The van der Waals surface area contributed by atoms with E-state index in [4.69, 9.17) is 16.3 Å². The molecule has 2 N–H and O–H groups in total. The molecular formula is C22H22ClFN6O2. The Labute approximate surface area is 188 Å². The number of aromatic nitrogens is 5. The van der Waals surface area contributed by atoms with E-state index in [1.54, 1.807) is 24.0 Å². The summed E-state index contributed by atoms with van der Waals surface area (Å²) >= 11 is 6.52. The molecule has 0 atom stereocenters. The van der Waals surface area contributed by atoms with Crippen molar-refractivity contribution in [3.63, 3.8) is 0 Å². The molecule has 0 aliphatic carbocycles. The Morgan fingerprint density at radius 2 is 2.12 bits per heavy atom. The number of ether oxygens (including phenoxy) is 1. The Bertz CT molecular complexity index is 1280. The lowest BCUT2D eigenvalue weighted by Gasteiger charge is -2.10. The number of aromatic amines is 1. The molecule has 0 aliphatic heterocycles. The molecule has 0 saturated heterocycles. The Hall–Kier alpha value is -3.46. The van der Waals surface area contributed by atoms with Crippen LogP contribution >= 0.6 is 11.6 Å². The summed E-state index contributed by atoms with van der Waals surface area (Å²) in [5.74, 6) is 0.139. The Morgan fingerprint density at radius 3 is 2.88 bits per heavy atom. The summed E-state index contributed by atoms with van der Waals surface area (Å²) in [6, 6.07) is 8.23. The summed E-state index contributed by atoms with van der Waals surface area (Å²) in [5.41, 5.74) is 2.24. The molecule has 10 heteroatoms. The number of hydrogen-bond acceptors (Lipinski definition) is 5. The zero-order valence-corrected chi connectivity index (χ0v) is 18.6. The zero-order chi connectivity index (χ0) is 22.8. The highest BCUT2D eigenvalue weighted by atomic mass is 35.5. The van der Waals surface area contributed by atoms with Gasteiger partial charge in [0.05, 0.1) is 16.7 Å². The van der Waals surface area contributed by atoms with E-state index in [0.717, 1.165) is 16.5 Å². The van der Waals surface area contributed by atoms with E-state index in [2.05, 4.69) is 25.6 Å². The first-order valence-electron chi connectivity index (χ1n) is 10.0. The number of amides is 1. The van der Waals surface area contributed by atoms with Crippen molar-refractivity contribution >= 4 is 28.4 Å². The summed E-state index contributed by atoms with van der Waals surface area (Å²) < 4.78 is 21.5. The molecule has 0 saturated carbocycles. The van der Waals surface area contributed by atoms with Crippen LogP contribution in [0.1, 0.15) is 25.2 Å². The lowest BCUT2D eigenvalue weighted by Crippen LogP contribution is -2.34. The molecule has 0 unspecified atom stereocenters. The van der Waals surface area contributed by atoms with E-state index in [-0.39, 0.29) is 24.3 Å². The van der Waals surface area contributed by atoms with Gasteiger partial charge in [-0.2, -0.15) is 10.2 Å². The normalized spacial score (nSPS) is 11.3. The van der Waals surface area contributed by atoms with Crippen LogP contribution in [0.4, 0.5) is 4.39 Å². The van der Waals surface area contributed by atoms with Crippen molar-refractivity contribution in [1.29, 1.82) is 0 Å². The van der Waals surface area contributed by atoms with E-state index in [1.165, 1.54) is 12.1 Å². The molecular weight excluding hydrogens is 435 g/mol. The summed E-state index contributed by atoms with van der Waals surface area (Å²) in [6.07, 6.45) is 2.14. The van der Waals surface area contributed by atoms with Gasteiger partial charge in [0.25, 0.3) is 5.91 Å². The van der Waals surface area contributed by atoms with E-state index in [0.29, 0.717) is 28.7 Å². The molecule has 0 aliphatic rings. The summed E-state index contributed by atoms with van der Waals surface area (Å²) in [4.78, 5) is 16.3. The summed E-state index contributed by atoms with van der Waals surface area (Å²) in [5, 5.41) is 15.4. The minimum Gasteiger partial charge on any atom is -0.481 e. The number of fused-ring (bicyclic) bond motifs is 1. The predicted octanol–water partition coefficient (Wildman–Crippen LogP) is 3.65. The highest BCUT2D eigenvalue weighted by Gasteiger charge is 2.16. The van der Waals surface area contributed by atoms with Crippen molar-refractivity contribution in [2.24, 2.45) is 7.05 Å². The fraction of sp³-hybridized carbons (Fsp3) is 0.273. The average Bonchev–Trinajstić information content (AvgIpc) is 3.36. The Morgan fingerprint density at radius 1 is 1.31 bits per heavy atom. The monoisotopic (exact) mass is 456 g/mol. The number of halogens is 2. The smallest absolute Gasteiger partial charge is 0.258 e. The molecule has 0 bridgehead atoms. The fourth-order valence-electron chi connectivity index (χ4n) is 3.29. The standard InChI is InChI=1S/C22H22ClFN6O2/c1-12(2)26-20(31)11-32-18-7-5-14(8-16(18)24)22-27-19(30(3)29-22)9-13-4-6-17-15(21(13)23)10-25-28-17/h4-8,10,12H,9,11H2,1-3H3,(H,25,28)(H,26,31). The third-order valence-electron chi connectivity index (χ3n) is 4.84. The van der Waals surface area contributed by atoms with Crippen LogP contribution in [0, 0.1) is 5.82 Å². The lowest BCUT2D eigenvalue weighted by molar-refractivity contribution is -0.123. The Balaban J connectivity index is 1.51. The largest absolute Gasteiger partial charge is 0.481 e. The molecule has 32 heavy (non-hydrogen) atoms. The number of nitrogens with one attached hydrogen (secondary N) is 2. The second kappa shape index (κ2) is 8.96. The number of benzene rings is 2. The van der Waals surface area contributed by atoms with Gasteiger partial charge in [0, 0.05) is 30.5 Å². The van der Waals surface area contributed by atoms with Crippen LogP contribution in [-0.4, -0.2) is 43.5 Å². The van der Waals surface area contributed by atoms with Crippen LogP contribution in [0.2, 0.25) is 5.02 Å². The van der Waals surface area contributed by atoms with Gasteiger partial charge in [-0.1, -0.05) is 17.7 Å². The second-order valence-corrected chi connectivity index (χ2v) is 8.06. The second-order valence-electron chi connectivity index (χ2n) is 7.68. The van der Waals surface area contributed by atoms with Crippen molar-refractivity contribution in [3.8, 4) is 17.1 Å². The predicted molar refractivity (Wildman–Crippen MR) is 119 cm³/mol. The highest BCUT2D eigenvalue weighted by molar-refractivity contribution is 6.36. The van der Waals surface area contributed by atoms with Crippen molar-refractivity contribution in [2.45, 2.75) is 26.3 Å². The Kier molecular flexibility index (Phi) is 6.09. The van der Waals surface area contributed by atoms with Crippen LogP contribution in [0.3, 0.4) is 0 Å². The number of aryl methyl sites for hydroxylation is 1. The summed E-state index contributed by atoms with van der Waals surface area (Å²) in [7, 11) is 1.78. The minimum atomic E-state index is -0.595. The number of nitrogens with zero attached hydrogens (tertiary/aromatic N) is 4. The quantitative estimate of drug-likeness (QED) is 0.442. The lowest BCUT2D eigenvalue weighted by atomic mass is 10.1. The van der Waals surface area contributed by atoms with Gasteiger partial charge in [0.2, 0.25) is 0 Å². The molecule has 0 spiro atoms. The van der Waals surface area contributed by atoms with Crippen molar-refractivity contribution in [3.05, 3.63) is 58.8 Å². The highest BCUT2D eigenvalue weighted by Crippen LogP contribution is 2.28. The molecule has 4 rings (SSSR count). The van der Waals surface area contributed by atoms with Gasteiger partial charge in [-0.25, -0.2) is 9.37 Å². The van der Waals surface area contributed by atoms with Crippen molar-refractivity contribution in [2.75, 3.05) is 6.61 Å². The number of carbonyl (C=O) groups excluding carboxylic acids is 1. The van der Waals surface area contributed by atoms with Gasteiger partial charge in [0.15, 0.2) is 24.0 Å². The molecule has 166 valence electrons. The molecule has 4 aromatic rings. The van der Waals surface area contributed by atoms with Crippen molar-refractivity contribution < 1.29 is 13.9 Å². The third-order valence-corrected chi connectivity index (χ3v) is 5.29. The molecule has 0 radical (unpaired) electrons. The number of H-pyrrole nitrogens is 1. The molecule has 1 amide bonds.